The molecule has 0 aromatic heterocycles. The molecule has 0 unspecified atom stereocenters. The third kappa shape index (κ3) is 13.2. The number of allylic oxidation sites excluding steroid dienone is 8. The van der Waals surface area contributed by atoms with E-state index in [1.807, 2.05) is 0 Å². The summed E-state index contributed by atoms with van der Waals surface area (Å²) in [6, 6.07) is 0. The summed E-state index contributed by atoms with van der Waals surface area (Å²) in [5.74, 6) is 0. The Morgan fingerprint density at radius 1 is 0.857 bits per heavy atom. The summed E-state index contributed by atoms with van der Waals surface area (Å²) in [7, 11) is 0. The maximum Gasteiger partial charge on any atom is 3.00 e. The molecule has 115 valence electrons. The van der Waals surface area contributed by atoms with Crippen LogP contribution in [0.1, 0.15) is 72.1 Å². The molecule has 0 aliphatic heterocycles. The van der Waals surface area contributed by atoms with Crippen molar-refractivity contribution in [3.8, 4) is 0 Å². The van der Waals surface area contributed by atoms with Gasteiger partial charge in [-0.3, -0.25) is 12.2 Å². The van der Waals surface area contributed by atoms with Gasteiger partial charge in [-0.15, -0.1) is 12.8 Å². The van der Waals surface area contributed by atoms with Crippen molar-refractivity contribution >= 4 is 0 Å². The van der Waals surface area contributed by atoms with Crippen molar-refractivity contribution < 1.29 is 26.2 Å². The number of hydrogen-bond donors (Lipinski definition) is 0. The Kier molecular flexibility index (Phi) is 19.7. The second-order valence-corrected chi connectivity index (χ2v) is 4.82. The van der Waals surface area contributed by atoms with Crippen molar-refractivity contribution in [2.75, 3.05) is 0 Å². The quantitative estimate of drug-likeness (QED) is 0.469. The molecule has 0 bridgehead atoms. The minimum Gasteiger partial charge on any atom is -0.346 e. The Bertz CT molecular complexity index is 298. The molecule has 1 radical (unpaired) electrons. The molecule has 0 aromatic carbocycles. The van der Waals surface area contributed by atoms with Crippen molar-refractivity contribution in [1.29, 1.82) is 0 Å². The average Bonchev–Trinajstić information content (AvgIpc) is 3.19. The Morgan fingerprint density at radius 2 is 1.24 bits per heavy atom. The smallest absolute Gasteiger partial charge is 0.346 e. The Morgan fingerprint density at radius 3 is 1.48 bits per heavy atom. The van der Waals surface area contributed by atoms with Crippen molar-refractivity contribution in [3.63, 3.8) is 0 Å². The van der Waals surface area contributed by atoms with E-state index in [0.717, 1.165) is 12.8 Å². The third-order valence-corrected chi connectivity index (χ3v) is 3.13. The molecule has 2 aliphatic carbocycles. The summed E-state index contributed by atoms with van der Waals surface area (Å²) in [5, 5.41) is 0. The van der Waals surface area contributed by atoms with E-state index in [1.165, 1.54) is 49.7 Å². The van der Waals surface area contributed by atoms with Gasteiger partial charge in [0, 0.05) is 0 Å². The molecule has 0 atom stereocenters. The number of rotatable bonds is 6. The van der Waals surface area contributed by atoms with Crippen LogP contribution in [0.3, 0.4) is 0 Å². The van der Waals surface area contributed by atoms with Crippen LogP contribution in [0.25, 0.3) is 0 Å². The molecule has 1 heteroatoms. The second-order valence-electron chi connectivity index (χ2n) is 4.82. The molecular formula is C20H31Zr. The molecule has 0 amide bonds. The summed E-state index contributed by atoms with van der Waals surface area (Å²) < 4.78 is 0. The molecule has 0 aromatic rings. The summed E-state index contributed by atoms with van der Waals surface area (Å²) in [5.41, 5.74) is 2.83. The first kappa shape index (κ1) is 23.1. The van der Waals surface area contributed by atoms with E-state index in [1.54, 1.807) is 6.92 Å². The van der Waals surface area contributed by atoms with Crippen molar-refractivity contribution in [2.24, 2.45) is 0 Å². The number of unbranched alkanes of at least 4 members (excludes halogenated alkanes) is 2. The Hall–Kier alpha value is -0.157. The van der Waals surface area contributed by atoms with Crippen molar-refractivity contribution in [1.82, 2.24) is 0 Å². The van der Waals surface area contributed by atoms with E-state index < -0.39 is 0 Å². The van der Waals surface area contributed by atoms with Crippen LogP contribution in [-0.2, 0) is 26.2 Å². The Balaban J connectivity index is 0. The van der Waals surface area contributed by atoms with E-state index in [9.17, 15) is 0 Å². The topological polar surface area (TPSA) is 0 Å². The zero-order chi connectivity index (χ0) is 15.1. The molecule has 0 nitrogen and oxygen atoms in total. The van der Waals surface area contributed by atoms with Gasteiger partial charge >= 0.3 is 26.2 Å². The van der Waals surface area contributed by atoms with Gasteiger partial charge in [-0.05, 0) is 0 Å². The van der Waals surface area contributed by atoms with Crippen molar-refractivity contribution in [2.45, 2.75) is 72.1 Å². The van der Waals surface area contributed by atoms with Crippen LogP contribution < -0.4 is 0 Å². The SMILES string of the molecule is CCCCC1=[C-]CC=C1.CCCCC1=[C-]CC=C1.[CH2-]C.[Zr+3]. The maximum atomic E-state index is 3.30. The summed E-state index contributed by atoms with van der Waals surface area (Å²) >= 11 is 0. The molecule has 0 saturated heterocycles. The third-order valence-electron chi connectivity index (χ3n) is 3.13. The minimum absolute atomic E-state index is 0. The molecule has 0 heterocycles. The van der Waals surface area contributed by atoms with Gasteiger partial charge in [0.25, 0.3) is 0 Å². The Labute approximate surface area is 152 Å². The van der Waals surface area contributed by atoms with E-state index in [0.29, 0.717) is 0 Å². The van der Waals surface area contributed by atoms with Crippen LogP contribution in [0.15, 0.2) is 35.5 Å². The van der Waals surface area contributed by atoms with E-state index in [-0.39, 0.29) is 26.2 Å². The van der Waals surface area contributed by atoms with E-state index >= 15 is 0 Å². The predicted molar refractivity (Wildman–Crippen MR) is 91.1 cm³/mol. The van der Waals surface area contributed by atoms with Crippen LogP contribution in [0, 0.1) is 19.1 Å². The predicted octanol–water partition coefficient (Wildman–Crippen LogP) is 6.57. The fourth-order valence-electron chi connectivity index (χ4n) is 1.98. The standard InChI is InChI=1S/2C9H13.C2H5.Zr/c2*1-2-3-6-9-7-4-5-8-9;1-2;/h2*4,7H,2-3,5-6H2,1H3;1H2,2H3;/q3*-1;+3. The van der Waals surface area contributed by atoms with Gasteiger partial charge in [-0.25, -0.2) is 23.3 Å². The zero-order valence-corrected chi connectivity index (χ0v) is 16.6. The molecule has 2 aliphatic rings. The van der Waals surface area contributed by atoms with E-state index in [4.69, 9.17) is 0 Å². The number of hydrogen-bond acceptors (Lipinski definition) is 0. The fraction of sp³-hybridized carbons (Fsp3) is 0.550. The molecule has 21 heavy (non-hydrogen) atoms. The second kappa shape index (κ2) is 17.9. The molecule has 0 spiro atoms. The van der Waals surface area contributed by atoms with Gasteiger partial charge in [0.1, 0.15) is 0 Å². The average molecular weight is 363 g/mol. The largest absolute Gasteiger partial charge is 3.00 e. The van der Waals surface area contributed by atoms with Gasteiger partial charge < -0.3 is 6.92 Å². The normalized spacial score (nSPS) is 14.3. The van der Waals surface area contributed by atoms with Crippen LogP contribution in [0.5, 0.6) is 0 Å². The summed E-state index contributed by atoms with van der Waals surface area (Å²) in [4.78, 5) is 0. The molecular weight excluding hydrogens is 331 g/mol. The fourth-order valence-corrected chi connectivity index (χ4v) is 1.98. The molecule has 2 rings (SSSR count). The molecule has 0 N–H and O–H groups in total. The molecule has 0 saturated carbocycles. The van der Waals surface area contributed by atoms with Crippen LogP contribution in [0.4, 0.5) is 0 Å². The van der Waals surface area contributed by atoms with Crippen LogP contribution >= 0.6 is 0 Å². The van der Waals surface area contributed by atoms with Gasteiger partial charge in [0.05, 0.1) is 0 Å². The van der Waals surface area contributed by atoms with E-state index in [2.05, 4.69) is 57.2 Å². The van der Waals surface area contributed by atoms with Crippen molar-refractivity contribution in [3.05, 3.63) is 54.5 Å². The van der Waals surface area contributed by atoms with Gasteiger partial charge in [-0.2, -0.15) is 19.1 Å². The zero-order valence-electron chi connectivity index (χ0n) is 14.2. The first-order valence-corrected chi connectivity index (χ1v) is 8.10. The van der Waals surface area contributed by atoms with Crippen LogP contribution in [0.2, 0.25) is 0 Å². The van der Waals surface area contributed by atoms with Gasteiger partial charge in [0.2, 0.25) is 0 Å². The monoisotopic (exact) mass is 361 g/mol. The maximum absolute atomic E-state index is 3.30. The summed E-state index contributed by atoms with van der Waals surface area (Å²) in [6.07, 6.45) is 25.1. The summed E-state index contributed by atoms with van der Waals surface area (Å²) in [6.45, 7) is 9.44. The minimum atomic E-state index is 0. The van der Waals surface area contributed by atoms with Gasteiger partial charge in [-0.1, -0.05) is 52.4 Å². The van der Waals surface area contributed by atoms with Crippen LogP contribution in [-0.4, -0.2) is 0 Å². The first-order chi connectivity index (χ1) is 9.86. The first-order valence-electron chi connectivity index (χ1n) is 8.10. The van der Waals surface area contributed by atoms with Gasteiger partial charge in [0.15, 0.2) is 0 Å². The molecule has 0 fully saturated rings.